The zero-order valence-corrected chi connectivity index (χ0v) is 14.9. The van der Waals surface area contributed by atoms with Crippen molar-refractivity contribution in [3.05, 3.63) is 23.8 Å². The van der Waals surface area contributed by atoms with Crippen LogP contribution in [0.1, 0.15) is 52.9 Å². The Balaban J connectivity index is 1.81. The van der Waals surface area contributed by atoms with Crippen molar-refractivity contribution in [1.29, 1.82) is 0 Å². The van der Waals surface area contributed by atoms with Gasteiger partial charge in [0.25, 0.3) is 0 Å². The summed E-state index contributed by atoms with van der Waals surface area (Å²) in [5.41, 5.74) is 1.64. The molecule has 0 aromatic carbocycles. The summed E-state index contributed by atoms with van der Waals surface area (Å²) >= 11 is 0. The molecule has 130 valence electrons. The number of carbonyl (C=O) groups excluding carboxylic acids is 2. The minimum absolute atomic E-state index is 0.0407. The fourth-order valence-corrected chi connectivity index (χ4v) is 6.63. The quantitative estimate of drug-likeness (QED) is 0.658. The molecule has 24 heavy (non-hydrogen) atoms. The van der Waals surface area contributed by atoms with Crippen LogP contribution in [0, 0.1) is 34.5 Å². The van der Waals surface area contributed by atoms with E-state index in [2.05, 4.69) is 20.4 Å². The number of Topliss-reactive ketones (excluding diaryl/α,β-unsaturated/α-hetero) is 1. The molecule has 3 saturated carbocycles. The Morgan fingerprint density at radius 1 is 1.17 bits per heavy atom. The van der Waals surface area contributed by atoms with Gasteiger partial charge in [-0.05, 0) is 72.0 Å². The van der Waals surface area contributed by atoms with Crippen molar-refractivity contribution in [3.8, 4) is 0 Å². The van der Waals surface area contributed by atoms with Crippen LogP contribution in [0.25, 0.3) is 0 Å². The summed E-state index contributed by atoms with van der Waals surface area (Å²) in [6.07, 6.45) is 4.10. The molecule has 0 unspecified atom stereocenters. The maximum Gasteiger partial charge on any atom is 0.173 e. The number of carbonyl (C=O) groups is 2. The Bertz CT molecular complexity index is 677. The van der Waals surface area contributed by atoms with Crippen LogP contribution in [0.3, 0.4) is 0 Å². The third-order valence-electron chi connectivity index (χ3n) is 8.13. The monoisotopic (exact) mass is 330 g/mol. The molecule has 0 bridgehead atoms. The number of rotatable bonds is 0. The summed E-state index contributed by atoms with van der Waals surface area (Å²) in [5.74, 6) is 1.08. The Labute approximate surface area is 143 Å². The van der Waals surface area contributed by atoms with Gasteiger partial charge in [-0.1, -0.05) is 27.4 Å². The number of hydrogen-bond donors (Lipinski definition) is 0. The van der Waals surface area contributed by atoms with E-state index in [9.17, 15) is 14.0 Å². The molecule has 0 amide bonds. The fraction of sp³-hybridized carbons (Fsp3) is 0.714. The number of fused-ring (bicyclic) bond motifs is 5. The maximum absolute atomic E-state index is 14.3. The summed E-state index contributed by atoms with van der Waals surface area (Å²) in [6.45, 7) is 10.8. The van der Waals surface area contributed by atoms with Crippen LogP contribution in [0.2, 0.25) is 0 Å². The van der Waals surface area contributed by atoms with Gasteiger partial charge in [-0.2, -0.15) is 0 Å². The summed E-state index contributed by atoms with van der Waals surface area (Å²) in [6, 6.07) is 0. The zero-order chi connectivity index (χ0) is 17.4. The van der Waals surface area contributed by atoms with Crippen molar-refractivity contribution in [2.75, 3.05) is 0 Å². The highest BCUT2D eigenvalue weighted by molar-refractivity contribution is 5.93. The number of hydrogen-bond acceptors (Lipinski definition) is 2. The fourth-order valence-electron chi connectivity index (χ4n) is 6.63. The first-order valence-corrected chi connectivity index (χ1v) is 9.32. The van der Waals surface area contributed by atoms with Gasteiger partial charge in [0.15, 0.2) is 17.7 Å². The van der Waals surface area contributed by atoms with Gasteiger partial charge in [-0.25, -0.2) is 4.39 Å². The van der Waals surface area contributed by atoms with Crippen LogP contribution >= 0.6 is 0 Å². The number of alkyl halides is 1. The molecule has 4 aliphatic carbocycles. The summed E-state index contributed by atoms with van der Waals surface area (Å²) in [4.78, 5) is 24.5. The first-order valence-electron chi connectivity index (χ1n) is 9.32. The Morgan fingerprint density at radius 2 is 1.88 bits per heavy atom. The van der Waals surface area contributed by atoms with Gasteiger partial charge in [0.2, 0.25) is 0 Å². The van der Waals surface area contributed by atoms with E-state index in [1.165, 1.54) is 0 Å². The van der Waals surface area contributed by atoms with Crippen molar-refractivity contribution >= 4 is 11.6 Å². The molecule has 0 heterocycles. The highest BCUT2D eigenvalue weighted by Gasteiger charge is 2.63. The highest BCUT2D eigenvalue weighted by atomic mass is 19.1. The molecule has 0 radical (unpaired) electrons. The van der Waals surface area contributed by atoms with Crippen LogP contribution < -0.4 is 0 Å². The lowest BCUT2D eigenvalue weighted by Crippen LogP contribution is -2.53. The molecule has 0 saturated heterocycles. The van der Waals surface area contributed by atoms with E-state index in [0.29, 0.717) is 24.7 Å². The molecule has 0 N–H and O–H groups in total. The minimum atomic E-state index is -1.29. The molecule has 3 fully saturated rings. The second-order valence-electron chi connectivity index (χ2n) is 9.07. The van der Waals surface area contributed by atoms with Gasteiger partial charge >= 0.3 is 0 Å². The van der Waals surface area contributed by atoms with E-state index in [0.717, 1.165) is 30.4 Å². The van der Waals surface area contributed by atoms with Crippen molar-refractivity contribution in [3.63, 3.8) is 0 Å². The highest BCUT2D eigenvalue weighted by Crippen LogP contribution is 2.66. The second kappa shape index (κ2) is 4.89. The van der Waals surface area contributed by atoms with E-state index in [1.807, 2.05) is 13.0 Å². The first-order chi connectivity index (χ1) is 11.2. The van der Waals surface area contributed by atoms with Crippen LogP contribution in [0.5, 0.6) is 0 Å². The lowest BCUT2D eigenvalue weighted by Gasteiger charge is -2.59. The van der Waals surface area contributed by atoms with Crippen LogP contribution in [-0.4, -0.2) is 17.7 Å². The summed E-state index contributed by atoms with van der Waals surface area (Å²) < 4.78 is 14.3. The van der Waals surface area contributed by atoms with Gasteiger partial charge in [0.1, 0.15) is 0 Å². The van der Waals surface area contributed by atoms with Crippen molar-refractivity contribution in [2.24, 2.45) is 34.5 Å². The average Bonchev–Trinajstić information content (AvgIpc) is 2.77. The number of ketones is 2. The lowest BCUT2D eigenvalue weighted by atomic mass is 9.44. The van der Waals surface area contributed by atoms with Gasteiger partial charge in [-0.15, -0.1) is 0 Å². The van der Waals surface area contributed by atoms with Gasteiger partial charge in [0, 0.05) is 11.8 Å². The van der Waals surface area contributed by atoms with E-state index >= 15 is 0 Å². The standard InChI is InChI=1S/C21H27FO2/c1-11-12(2)18-14(20(3)7-5-13(23)9-15(11)20)6-8-21(4)16(18)10-17(22)19(21)24/h9,12,14,16-18H,1,5-8,10H2,2-4H3/t12-,14+,16+,17-,18-,20-,21+/m1/s1. The molecule has 0 aliphatic heterocycles. The second-order valence-corrected chi connectivity index (χ2v) is 9.07. The largest absolute Gasteiger partial charge is 0.296 e. The maximum atomic E-state index is 14.3. The Morgan fingerprint density at radius 3 is 2.58 bits per heavy atom. The van der Waals surface area contributed by atoms with Gasteiger partial charge in [0.05, 0.1) is 0 Å². The molecular formula is C21H27FO2. The van der Waals surface area contributed by atoms with E-state index in [1.54, 1.807) is 0 Å². The van der Waals surface area contributed by atoms with Crippen LogP contribution in [0.15, 0.2) is 23.8 Å². The zero-order valence-electron chi connectivity index (χ0n) is 14.9. The Kier molecular flexibility index (Phi) is 3.31. The topological polar surface area (TPSA) is 34.1 Å². The lowest BCUT2D eigenvalue weighted by molar-refractivity contribution is -0.135. The SMILES string of the molecule is C=C1C2=CC(=O)CC[C@]2(C)[C@H]2CC[C@]3(C)C(=O)[C@H](F)C[C@H]3[C@@H]2[C@@H]1C. The van der Waals surface area contributed by atoms with Crippen molar-refractivity contribution in [2.45, 2.75) is 59.0 Å². The molecule has 7 atom stereocenters. The number of halogens is 1. The third-order valence-corrected chi connectivity index (χ3v) is 8.13. The predicted molar refractivity (Wildman–Crippen MR) is 91.1 cm³/mol. The predicted octanol–water partition coefficient (Wildman–Crippen LogP) is 4.45. The van der Waals surface area contributed by atoms with E-state index < -0.39 is 11.6 Å². The van der Waals surface area contributed by atoms with E-state index in [4.69, 9.17) is 0 Å². The molecular weight excluding hydrogens is 303 g/mol. The van der Waals surface area contributed by atoms with E-state index in [-0.39, 0.29) is 28.8 Å². The molecule has 0 aromatic rings. The normalized spacial score (nSPS) is 50.9. The first kappa shape index (κ1) is 16.2. The molecule has 3 heteroatoms. The van der Waals surface area contributed by atoms with Crippen LogP contribution in [0.4, 0.5) is 4.39 Å². The van der Waals surface area contributed by atoms with Crippen molar-refractivity contribution in [1.82, 2.24) is 0 Å². The number of allylic oxidation sites excluding steroid dienone is 2. The average molecular weight is 330 g/mol. The molecule has 4 aliphatic rings. The van der Waals surface area contributed by atoms with Gasteiger partial charge in [-0.3, -0.25) is 9.59 Å². The van der Waals surface area contributed by atoms with Gasteiger partial charge < -0.3 is 0 Å². The van der Waals surface area contributed by atoms with Crippen molar-refractivity contribution < 1.29 is 14.0 Å². The third kappa shape index (κ3) is 1.82. The summed E-state index contributed by atoms with van der Waals surface area (Å²) in [7, 11) is 0. The molecule has 2 nitrogen and oxygen atoms in total. The smallest absolute Gasteiger partial charge is 0.173 e. The molecule has 4 rings (SSSR count). The van der Waals surface area contributed by atoms with Crippen LogP contribution in [-0.2, 0) is 9.59 Å². The molecule has 0 spiro atoms. The molecule has 0 aromatic heterocycles. The minimum Gasteiger partial charge on any atom is -0.296 e. The Hall–Kier alpha value is -1.25. The summed E-state index contributed by atoms with van der Waals surface area (Å²) in [5, 5.41) is 0.